The quantitative estimate of drug-likeness (QED) is 0.743. The van der Waals surface area contributed by atoms with Gasteiger partial charge in [-0.25, -0.2) is 9.78 Å². The first kappa shape index (κ1) is 16.0. The Morgan fingerprint density at radius 1 is 1.19 bits per heavy atom. The zero-order valence-corrected chi connectivity index (χ0v) is 14.3. The van der Waals surface area contributed by atoms with Crippen LogP contribution in [0.25, 0.3) is 11.3 Å². The van der Waals surface area contributed by atoms with Crippen molar-refractivity contribution in [1.82, 2.24) is 19.9 Å². The summed E-state index contributed by atoms with van der Waals surface area (Å²) in [6, 6.07) is 9.06. The molecule has 0 bridgehead atoms. The number of nitrogen functional groups attached to an aromatic ring is 1. The third-order valence-corrected chi connectivity index (χ3v) is 4.34. The van der Waals surface area contributed by atoms with Crippen molar-refractivity contribution in [3.8, 4) is 11.3 Å². The molecule has 7 nitrogen and oxygen atoms in total. The Labute approximate surface area is 150 Å². The van der Waals surface area contributed by atoms with Crippen LogP contribution in [0.3, 0.4) is 0 Å². The van der Waals surface area contributed by atoms with E-state index in [0.29, 0.717) is 30.3 Å². The van der Waals surface area contributed by atoms with Gasteiger partial charge in [0.15, 0.2) is 5.82 Å². The molecule has 0 radical (unpaired) electrons. The van der Waals surface area contributed by atoms with Crippen molar-refractivity contribution in [2.24, 2.45) is 0 Å². The number of pyridine rings is 3. The number of urea groups is 1. The standard InChI is InChI=1S/C19H18N6O/c1-12-7-14-10-25(11-15(14)9-22-12)19(26)24-18-16(20)4-5-17(23-18)13-3-2-6-21-8-13/h2-9H,10-11,20H2,1H3,(H,23,24,26). The lowest BCUT2D eigenvalue weighted by atomic mass is 10.2. The first-order chi connectivity index (χ1) is 12.6. The van der Waals surface area contributed by atoms with Gasteiger partial charge in [0.1, 0.15) is 0 Å². The van der Waals surface area contributed by atoms with Crippen LogP contribution < -0.4 is 11.1 Å². The van der Waals surface area contributed by atoms with Crippen LogP contribution in [0.5, 0.6) is 0 Å². The molecule has 0 fully saturated rings. The second-order valence-electron chi connectivity index (χ2n) is 6.26. The summed E-state index contributed by atoms with van der Waals surface area (Å²) >= 11 is 0. The molecule has 1 aliphatic rings. The Morgan fingerprint density at radius 2 is 2.04 bits per heavy atom. The number of fused-ring (bicyclic) bond motifs is 1. The predicted octanol–water partition coefficient (Wildman–Crippen LogP) is 2.98. The van der Waals surface area contributed by atoms with Gasteiger partial charge in [-0.05, 0) is 48.4 Å². The number of nitrogens with two attached hydrogens (primary N) is 1. The Kier molecular flexibility index (Phi) is 3.96. The van der Waals surface area contributed by atoms with Crippen LogP contribution in [0.4, 0.5) is 16.3 Å². The highest BCUT2D eigenvalue weighted by Gasteiger charge is 2.24. The van der Waals surface area contributed by atoms with Crippen LogP contribution in [-0.4, -0.2) is 25.9 Å². The molecule has 3 aromatic rings. The second-order valence-corrected chi connectivity index (χ2v) is 6.26. The van der Waals surface area contributed by atoms with E-state index in [4.69, 9.17) is 5.73 Å². The van der Waals surface area contributed by atoms with Crippen LogP contribution in [0.2, 0.25) is 0 Å². The monoisotopic (exact) mass is 346 g/mol. The van der Waals surface area contributed by atoms with Gasteiger partial charge < -0.3 is 10.6 Å². The van der Waals surface area contributed by atoms with E-state index < -0.39 is 0 Å². The Balaban J connectivity index is 1.53. The molecule has 0 spiro atoms. The lowest BCUT2D eigenvalue weighted by Gasteiger charge is -2.17. The fourth-order valence-corrected chi connectivity index (χ4v) is 2.97. The van der Waals surface area contributed by atoms with Gasteiger partial charge >= 0.3 is 6.03 Å². The van der Waals surface area contributed by atoms with Crippen LogP contribution in [0, 0.1) is 6.92 Å². The smallest absolute Gasteiger partial charge is 0.323 e. The maximum atomic E-state index is 12.7. The number of aromatic nitrogens is 3. The first-order valence-corrected chi connectivity index (χ1v) is 8.27. The summed E-state index contributed by atoms with van der Waals surface area (Å²) in [4.78, 5) is 27.2. The molecule has 0 atom stereocenters. The number of rotatable bonds is 2. The molecule has 0 aromatic carbocycles. The summed E-state index contributed by atoms with van der Waals surface area (Å²) in [5.74, 6) is 0.349. The van der Waals surface area contributed by atoms with Crippen molar-refractivity contribution < 1.29 is 4.79 Å². The number of aryl methyl sites for hydroxylation is 1. The van der Waals surface area contributed by atoms with Crippen molar-refractivity contribution in [2.45, 2.75) is 20.0 Å². The predicted molar refractivity (Wildman–Crippen MR) is 99.1 cm³/mol. The molecule has 0 saturated carbocycles. The molecular formula is C19H18N6O. The van der Waals surface area contributed by atoms with Gasteiger partial charge in [-0.15, -0.1) is 0 Å². The number of hydrogen-bond acceptors (Lipinski definition) is 5. The van der Waals surface area contributed by atoms with Gasteiger partial charge in [0, 0.05) is 42.9 Å². The summed E-state index contributed by atoms with van der Waals surface area (Å²) in [5.41, 5.74) is 11.1. The molecule has 0 saturated heterocycles. The first-order valence-electron chi connectivity index (χ1n) is 8.27. The van der Waals surface area contributed by atoms with Gasteiger partial charge in [0.25, 0.3) is 0 Å². The van der Waals surface area contributed by atoms with E-state index in [1.54, 1.807) is 23.4 Å². The largest absolute Gasteiger partial charge is 0.396 e. The molecule has 7 heteroatoms. The number of amides is 2. The summed E-state index contributed by atoms with van der Waals surface area (Å²) in [6.07, 6.45) is 5.25. The zero-order valence-electron chi connectivity index (χ0n) is 14.3. The Morgan fingerprint density at radius 3 is 2.85 bits per heavy atom. The Bertz CT molecular complexity index is 973. The van der Waals surface area contributed by atoms with E-state index in [1.165, 1.54) is 0 Å². The highest BCUT2D eigenvalue weighted by Crippen LogP contribution is 2.26. The minimum atomic E-state index is -0.235. The van der Waals surface area contributed by atoms with Crippen LogP contribution in [0.1, 0.15) is 16.8 Å². The number of carbonyl (C=O) groups excluding carboxylic acids is 1. The minimum absolute atomic E-state index is 0.235. The average molecular weight is 346 g/mol. The van der Waals surface area contributed by atoms with Gasteiger partial charge in [-0.3, -0.25) is 15.3 Å². The van der Waals surface area contributed by atoms with E-state index in [2.05, 4.69) is 20.3 Å². The third-order valence-electron chi connectivity index (χ3n) is 4.34. The highest BCUT2D eigenvalue weighted by molar-refractivity contribution is 5.92. The third kappa shape index (κ3) is 3.06. The fourth-order valence-electron chi connectivity index (χ4n) is 2.97. The fraction of sp³-hybridized carbons (Fsp3) is 0.158. The molecule has 3 aromatic heterocycles. The molecule has 130 valence electrons. The van der Waals surface area contributed by atoms with E-state index in [9.17, 15) is 4.79 Å². The average Bonchev–Trinajstić information content (AvgIpc) is 3.07. The zero-order chi connectivity index (χ0) is 18.1. The summed E-state index contributed by atoms with van der Waals surface area (Å²) in [7, 11) is 0. The number of nitrogens with zero attached hydrogens (tertiary/aromatic N) is 4. The van der Waals surface area contributed by atoms with Crippen LogP contribution >= 0.6 is 0 Å². The van der Waals surface area contributed by atoms with Crippen molar-refractivity contribution in [2.75, 3.05) is 11.1 Å². The van der Waals surface area contributed by atoms with Gasteiger partial charge in [-0.1, -0.05) is 0 Å². The minimum Gasteiger partial charge on any atom is -0.396 e. The van der Waals surface area contributed by atoms with Crippen molar-refractivity contribution >= 4 is 17.5 Å². The van der Waals surface area contributed by atoms with E-state index in [0.717, 1.165) is 22.4 Å². The lowest BCUT2D eigenvalue weighted by Crippen LogP contribution is -2.30. The van der Waals surface area contributed by atoms with E-state index in [1.807, 2.05) is 37.4 Å². The topological polar surface area (TPSA) is 97.0 Å². The normalized spacial score (nSPS) is 12.7. The summed E-state index contributed by atoms with van der Waals surface area (Å²) in [5, 5.41) is 2.82. The highest BCUT2D eigenvalue weighted by atomic mass is 16.2. The molecule has 0 unspecified atom stereocenters. The maximum absolute atomic E-state index is 12.7. The van der Waals surface area contributed by atoms with Gasteiger partial charge in [-0.2, -0.15) is 0 Å². The molecule has 2 amide bonds. The summed E-state index contributed by atoms with van der Waals surface area (Å²) in [6.45, 7) is 3.01. The van der Waals surface area contributed by atoms with Gasteiger partial charge in [0.2, 0.25) is 0 Å². The number of hydrogen-bond donors (Lipinski definition) is 2. The van der Waals surface area contributed by atoms with Crippen LogP contribution in [-0.2, 0) is 13.1 Å². The maximum Gasteiger partial charge on any atom is 0.323 e. The van der Waals surface area contributed by atoms with Crippen LogP contribution in [0.15, 0.2) is 48.9 Å². The molecule has 1 aliphatic heterocycles. The van der Waals surface area contributed by atoms with Crippen molar-refractivity contribution in [1.29, 1.82) is 0 Å². The van der Waals surface area contributed by atoms with Crippen molar-refractivity contribution in [3.63, 3.8) is 0 Å². The molecular weight excluding hydrogens is 328 g/mol. The molecule has 26 heavy (non-hydrogen) atoms. The van der Waals surface area contributed by atoms with Gasteiger partial charge in [0.05, 0.1) is 11.4 Å². The summed E-state index contributed by atoms with van der Waals surface area (Å²) < 4.78 is 0. The number of carbonyl (C=O) groups is 1. The Hall–Kier alpha value is -3.48. The van der Waals surface area contributed by atoms with E-state index >= 15 is 0 Å². The lowest BCUT2D eigenvalue weighted by molar-refractivity contribution is 0.212. The molecule has 4 rings (SSSR count). The molecule has 0 aliphatic carbocycles. The SMILES string of the molecule is Cc1cc2c(cn1)CN(C(=O)Nc1nc(-c3cccnc3)ccc1N)C2. The van der Waals surface area contributed by atoms with Crippen molar-refractivity contribution in [3.05, 3.63) is 65.7 Å². The number of nitrogens with one attached hydrogen (secondary N) is 1. The molecule has 4 heterocycles. The number of anilines is 2. The second kappa shape index (κ2) is 6.44. The molecule has 3 N–H and O–H groups in total. The van der Waals surface area contributed by atoms with E-state index in [-0.39, 0.29) is 6.03 Å².